The Morgan fingerprint density at radius 1 is 0.431 bits per heavy atom. The van der Waals surface area contributed by atoms with Crippen LogP contribution in [0, 0.1) is 0 Å². The van der Waals surface area contributed by atoms with Crippen molar-refractivity contribution < 1.29 is 4.42 Å². The zero-order chi connectivity index (χ0) is 33.7. The van der Waals surface area contributed by atoms with Gasteiger partial charge in [0.15, 0.2) is 5.82 Å². The highest BCUT2D eigenvalue weighted by Crippen LogP contribution is 2.42. The number of thiophene rings is 1. The van der Waals surface area contributed by atoms with Crippen LogP contribution in [0.15, 0.2) is 180 Å². The number of aromatic nitrogens is 2. The molecule has 0 N–H and O–H groups in total. The van der Waals surface area contributed by atoms with Crippen LogP contribution in [0.2, 0.25) is 0 Å². The maximum absolute atomic E-state index is 6.67. The van der Waals surface area contributed by atoms with Crippen molar-refractivity contribution in [1.29, 1.82) is 0 Å². The van der Waals surface area contributed by atoms with Gasteiger partial charge < -0.3 is 9.32 Å². The largest absolute Gasteiger partial charge is 0.456 e. The monoisotopic (exact) mass is 671 g/mol. The van der Waals surface area contributed by atoms with E-state index < -0.39 is 0 Å². The second-order valence-electron chi connectivity index (χ2n) is 12.6. The number of furan rings is 1. The molecule has 7 aromatic carbocycles. The summed E-state index contributed by atoms with van der Waals surface area (Å²) >= 11 is 1.74. The first-order valence-electron chi connectivity index (χ1n) is 17.0. The molecule has 10 aromatic rings. The van der Waals surface area contributed by atoms with Gasteiger partial charge in [0.05, 0.1) is 15.9 Å². The predicted molar refractivity (Wildman–Crippen MR) is 213 cm³/mol. The molecule has 0 aliphatic rings. The minimum absolute atomic E-state index is 0.716. The van der Waals surface area contributed by atoms with Crippen LogP contribution in [-0.2, 0) is 0 Å². The van der Waals surface area contributed by atoms with Crippen molar-refractivity contribution in [2.24, 2.45) is 0 Å². The van der Waals surface area contributed by atoms with Crippen LogP contribution in [-0.4, -0.2) is 9.97 Å². The van der Waals surface area contributed by atoms with Gasteiger partial charge in [-0.05, 0) is 65.7 Å². The van der Waals surface area contributed by atoms with E-state index in [0.29, 0.717) is 5.82 Å². The number of hydrogen-bond donors (Lipinski definition) is 0. The van der Waals surface area contributed by atoms with Crippen LogP contribution in [0.4, 0.5) is 17.1 Å². The van der Waals surface area contributed by atoms with Crippen molar-refractivity contribution >= 4 is 70.6 Å². The normalized spacial score (nSPS) is 11.5. The van der Waals surface area contributed by atoms with Crippen molar-refractivity contribution in [3.8, 4) is 33.8 Å². The summed E-state index contributed by atoms with van der Waals surface area (Å²) in [6.07, 6.45) is 0. The molecule has 0 unspecified atom stereocenters. The van der Waals surface area contributed by atoms with Gasteiger partial charge in [-0.25, -0.2) is 9.97 Å². The molecule has 0 atom stereocenters. The quantitative estimate of drug-likeness (QED) is 0.176. The van der Waals surface area contributed by atoms with Crippen LogP contribution in [0.5, 0.6) is 0 Å². The van der Waals surface area contributed by atoms with Crippen LogP contribution >= 0.6 is 11.3 Å². The van der Waals surface area contributed by atoms with E-state index in [4.69, 9.17) is 14.4 Å². The van der Waals surface area contributed by atoms with Gasteiger partial charge in [-0.3, -0.25) is 0 Å². The number of hydrogen-bond acceptors (Lipinski definition) is 5. The number of anilines is 3. The van der Waals surface area contributed by atoms with E-state index in [9.17, 15) is 0 Å². The summed E-state index contributed by atoms with van der Waals surface area (Å²) < 4.78 is 8.95. The Labute approximate surface area is 298 Å². The van der Waals surface area contributed by atoms with E-state index in [1.165, 1.54) is 15.8 Å². The molecule has 0 saturated heterocycles. The molecule has 240 valence electrons. The van der Waals surface area contributed by atoms with Gasteiger partial charge in [-0.1, -0.05) is 115 Å². The Kier molecular flexibility index (Phi) is 6.96. The molecule has 10 rings (SSSR count). The van der Waals surface area contributed by atoms with Gasteiger partial charge in [-0.2, -0.15) is 0 Å². The van der Waals surface area contributed by atoms with Crippen molar-refractivity contribution in [2.75, 3.05) is 4.90 Å². The number of para-hydroxylation sites is 1. The highest BCUT2D eigenvalue weighted by atomic mass is 32.1. The molecular formula is C46H29N3OS. The Bertz CT molecular complexity index is 2840. The SMILES string of the molecule is c1ccc(-c2ccc(N(c3ccccc3)c3ccc4c(c3)oc3cc(-c5nc(-c6ccccc6)nc6c5sc5ccccc56)ccc34)cc2)cc1. The molecule has 4 nitrogen and oxygen atoms in total. The Hall–Kier alpha value is -6.56. The van der Waals surface area contributed by atoms with Gasteiger partial charge >= 0.3 is 0 Å². The van der Waals surface area contributed by atoms with Gasteiger partial charge in [0.1, 0.15) is 11.2 Å². The molecule has 51 heavy (non-hydrogen) atoms. The van der Waals surface area contributed by atoms with E-state index in [2.05, 4.69) is 150 Å². The molecule has 0 radical (unpaired) electrons. The van der Waals surface area contributed by atoms with Gasteiger partial charge in [0, 0.05) is 55.1 Å². The smallest absolute Gasteiger partial charge is 0.160 e. The third kappa shape index (κ3) is 5.14. The lowest BCUT2D eigenvalue weighted by molar-refractivity contribution is 0.669. The maximum atomic E-state index is 6.67. The Balaban J connectivity index is 1.09. The lowest BCUT2D eigenvalue weighted by atomic mass is 10.0. The summed E-state index contributed by atoms with van der Waals surface area (Å²) in [7, 11) is 0. The summed E-state index contributed by atoms with van der Waals surface area (Å²) in [5, 5.41) is 3.30. The summed E-state index contributed by atoms with van der Waals surface area (Å²) in [4.78, 5) is 12.5. The van der Waals surface area contributed by atoms with Gasteiger partial charge in [-0.15, -0.1) is 11.3 Å². The molecule has 0 fully saturated rings. The average molecular weight is 672 g/mol. The lowest BCUT2D eigenvalue weighted by Crippen LogP contribution is -2.09. The minimum atomic E-state index is 0.716. The second kappa shape index (κ2) is 12.1. The summed E-state index contributed by atoms with van der Waals surface area (Å²) in [5.41, 5.74) is 11.1. The number of nitrogens with zero attached hydrogens (tertiary/aromatic N) is 3. The van der Waals surface area contributed by atoms with Crippen LogP contribution < -0.4 is 4.90 Å². The molecule has 0 aliphatic heterocycles. The number of rotatable bonds is 6. The van der Waals surface area contributed by atoms with Crippen LogP contribution in [0.25, 0.3) is 76.0 Å². The zero-order valence-corrected chi connectivity index (χ0v) is 28.2. The van der Waals surface area contributed by atoms with Crippen LogP contribution in [0.3, 0.4) is 0 Å². The highest BCUT2D eigenvalue weighted by molar-refractivity contribution is 7.26. The van der Waals surface area contributed by atoms with Crippen molar-refractivity contribution in [2.45, 2.75) is 0 Å². The molecule has 0 aliphatic carbocycles. The highest BCUT2D eigenvalue weighted by Gasteiger charge is 2.19. The number of benzene rings is 7. The standard InChI is InChI=1S/C46H29N3OS/c1-4-12-30(13-5-1)31-20-23-35(24-21-31)49(34-16-8-3-9-17-34)36-25-27-38-37-26-22-33(28-40(37)50-41(38)29-36)43-45-44(39-18-10-11-19-42(39)51-45)48-46(47-43)32-14-6-2-7-15-32/h1-29H. The summed E-state index contributed by atoms with van der Waals surface area (Å²) in [6.45, 7) is 0. The average Bonchev–Trinajstić information content (AvgIpc) is 3.76. The fourth-order valence-corrected chi connectivity index (χ4v) is 8.17. The van der Waals surface area contributed by atoms with Crippen molar-refractivity contribution in [1.82, 2.24) is 9.97 Å². The fourth-order valence-electron chi connectivity index (χ4n) is 7.01. The van der Waals surface area contributed by atoms with E-state index in [1.807, 2.05) is 30.3 Å². The molecule has 5 heteroatoms. The molecule has 0 bridgehead atoms. The first-order valence-corrected chi connectivity index (χ1v) is 17.8. The Morgan fingerprint density at radius 2 is 1.00 bits per heavy atom. The van der Waals surface area contributed by atoms with E-state index in [0.717, 1.165) is 71.4 Å². The third-order valence-corrected chi connectivity index (χ3v) is 10.7. The summed E-state index contributed by atoms with van der Waals surface area (Å²) in [6, 6.07) is 61.3. The fraction of sp³-hybridized carbons (Fsp3) is 0. The van der Waals surface area contributed by atoms with Crippen molar-refractivity contribution in [3.63, 3.8) is 0 Å². The topological polar surface area (TPSA) is 42.2 Å². The molecule has 0 saturated carbocycles. The number of fused-ring (bicyclic) bond motifs is 6. The zero-order valence-electron chi connectivity index (χ0n) is 27.4. The van der Waals surface area contributed by atoms with Crippen molar-refractivity contribution in [3.05, 3.63) is 176 Å². The molecular weight excluding hydrogens is 643 g/mol. The van der Waals surface area contributed by atoms with E-state index >= 15 is 0 Å². The first-order chi connectivity index (χ1) is 25.3. The first kappa shape index (κ1) is 29.4. The van der Waals surface area contributed by atoms with Crippen LogP contribution in [0.1, 0.15) is 0 Å². The molecule has 3 aromatic heterocycles. The lowest BCUT2D eigenvalue weighted by Gasteiger charge is -2.25. The second-order valence-corrected chi connectivity index (χ2v) is 13.7. The maximum Gasteiger partial charge on any atom is 0.160 e. The van der Waals surface area contributed by atoms with E-state index in [-0.39, 0.29) is 0 Å². The Morgan fingerprint density at radius 3 is 1.76 bits per heavy atom. The van der Waals surface area contributed by atoms with E-state index in [1.54, 1.807) is 11.3 Å². The molecule has 0 amide bonds. The predicted octanol–water partition coefficient (Wildman–Crippen LogP) is 13.2. The third-order valence-electron chi connectivity index (χ3n) is 9.49. The van der Waals surface area contributed by atoms with Gasteiger partial charge in [0.25, 0.3) is 0 Å². The summed E-state index contributed by atoms with van der Waals surface area (Å²) in [5.74, 6) is 0.716. The van der Waals surface area contributed by atoms with Gasteiger partial charge in [0.2, 0.25) is 0 Å². The minimum Gasteiger partial charge on any atom is -0.456 e. The molecule has 3 heterocycles. The molecule has 0 spiro atoms.